The van der Waals surface area contributed by atoms with E-state index >= 15 is 0 Å². The van der Waals surface area contributed by atoms with E-state index in [-0.39, 0.29) is 18.3 Å². The van der Waals surface area contributed by atoms with Crippen molar-refractivity contribution in [2.24, 2.45) is 0 Å². The highest BCUT2D eigenvalue weighted by Gasteiger charge is 2.33. The average molecular weight is 373 g/mol. The van der Waals surface area contributed by atoms with Gasteiger partial charge in [0.15, 0.2) is 6.54 Å². The van der Waals surface area contributed by atoms with Crippen LogP contribution in [0.2, 0.25) is 0 Å². The Morgan fingerprint density at radius 2 is 1.67 bits per heavy atom. The van der Waals surface area contributed by atoms with Gasteiger partial charge in [-0.15, -0.1) is 0 Å². The van der Waals surface area contributed by atoms with Crippen molar-refractivity contribution in [2.75, 3.05) is 11.9 Å². The fraction of sp³-hybridized carbons (Fsp3) is 0.190. The average Bonchev–Trinajstić information content (AvgIpc) is 2.65. The maximum Gasteiger partial charge on any atom is 0.418 e. The third-order valence-corrected chi connectivity index (χ3v) is 4.48. The van der Waals surface area contributed by atoms with Crippen molar-refractivity contribution in [3.8, 4) is 0 Å². The third-order valence-electron chi connectivity index (χ3n) is 4.48. The number of amides is 1. The van der Waals surface area contributed by atoms with Crippen LogP contribution in [0, 0.1) is 0 Å². The predicted octanol–water partition coefficient (Wildman–Crippen LogP) is 4.12. The first kappa shape index (κ1) is 18.9. The number of quaternary nitrogens is 1. The van der Waals surface area contributed by atoms with E-state index < -0.39 is 17.6 Å². The lowest BCUT2D eigenvalue weighted by molar-refractivity contribution is -0.682. The van der Waals surface area contributed by atoms with Crippen molar-refractivity contribution in [2.45, 2.75) is 19.1 Å². The summed E-state index contributed by atoms with van der Waals surface area (Å²) in [5, 5.41) is 6.40. The Labute approximate surface area is 155 Å². The molecule has 3 nitrogen and oxygen atoms in total. The van der Waals surface area contributed by atoms with E-state index in [1.165, 1.54) is 18.2 Å². The molecule has 27 heavy (non-hydrogen) atoms. The smallest absolute Gasteiger partial charge is 0.332 e. The van der Waals surface area contributed by atoms with Crippen LogP contribution in [0.15, 0.2) is 66.7 Å². The monoisotopic (exact) mass is 373 g/mol. The molecule has 0 unspecified atom stereocenters. The maximum absolute atomic E-state index is 13.0. The number of hydrogen-bond acceptors (Lipinski definition) is 1. The highest BCUT2D eigenvalue weighted by Crippen LogP contribution is 2.34. The molecule has 0 saturated carbocycles. The highest BCUT2D eigenvalue weighted by atomic mass is 19.4. The molecule has 0 aliphatic heterocycles. The number of carbonyl (C=O) groups is 1. The number of nitrogens with two attached hydrogens (primary N) is 1. The summed E-state index contributed by atoms with van der Waals surface area (Å²) in [7, 11) is 0. The van der Waals surface area contributed by atoms with Crippen LogP contribution in [-0.4, -0.2) is 12.5 Å². The molecule has 3 aromatic rings. The van der Waals surface area contributed by atoms with Crippen LogP contribution in [0.3, 0.4) is 0 Å². The van der Waals surface area contributed by atoms with E-state index in [0.29, 0.717) is 0 Å². The molecule has 0 aromatic heterocycles. The Hall–Kier alpha value is -2.86. The highest BCUT2D eigenvalue weighted by molar-refractivity contribution is 5.92. The Balaban J connectivity index is 1.68. The molecule has 0 saturated heterocycles. The van der Waals surface area contributed by atoms with Crippen molar-refractivity contribution < 1.29 is 23.3 Å². The predicted molar refractivity (Wildman–Crippen MR) is 99.2 cm³/mol. The van der Waals surface area contributed by atoms with Gasteiger partial charge < -0.3 is 10.6 Å². The molecule has 0 aliphatic carbocycles. The minimum Gasteiger partial charge on any atom is -0.332 e. The van der Waals surface area contributed by atoms with Gasteiger partial charge in [-0.25, -0.2) is 0 Å². The number of alkyl halides is 3. The van der Waals surface area contributed by atoms with Crippen molar-refractivity contribution in [1.82, 2.24) is 0 Å². The largest absolute Gasteiger partial charge is 0.418 e. The van der Waals surface area contributed by atoms with Crippen LogP contribution in [-0.2, 0) is 11.0 Å². The van der Waals surface area contributed by atoms with Gasteiger partial charge in [-0.3, -0.25) is 4.79 Å². The number of nitrogens with one attached hydrogen (secondary N) is 1. The minimum absolute atomic E-state index is 0.0142. The number of rotatable bonds is 5. The molecule has 0 heterocycles. The first-order valence-corrected chi connectivity index (χ1v) is 8.63. The summed E-state index contributed by atoms with van der Waals surface area (Å²) in [5.74, 6) is -0.473. The number of anilines is 1. The van der Waals surface area contributed by atoms with Gasteiger partial charge in [0.1, 0.15) is 6.04 Å². The first-order valence-electron chi connectivity index (χ1n) is 8.63. The van der Waals surface area contributed by atoms with E-state index in [1.54, 1.807) is 0 Å². The van der Waals surface area contributed by atoms with Crippen LogP contribution in [0.5, 0.6) is 0 Å². The fourth-order valence-corrected chi connectivity index (χ4v) is 3.10. The molecule has 6 heteroatoms. The normalized spacial score (nSPS) is 12.7. The standard InChI is InChI=1S/C21H19F3N2O/c1-14(16-10-6-8-15-7-2-3-9-17(15)16)25-13-20(27)26-19-12-5-4-11-18(19)21(22,23)24/h2-12,14,25H,13H2,1H3,(H,26,27)/p+1/t14-/m0/s1. The zero-order valence-electron chi connectivity index (χ0n) is 14.8. The van der Waals surface area contributed by atoms with E-state index in [2.05, 4.69) is 5.32 Å². The summed E-state index contributed by atoms with van der Waals surface area (Å²) in [4.78, 5) is 12.2. The number of para-hydroxylation sites is 1. The van der Waals surface area contributed by atoms with Gasteiger partial charge >= 0.3 is 6.18 Å². The number of halogens is 3. The quantitative estimate of drug-likeness (QED) is 0.694. The van der Waals surface area contributed by atoms with Crippen LogP contribution in [0.25, 0.3) is 10.8 Å². The minimum atomic E-state index is -4.51. The lowest BCUT2D eigenvalue weighted by Gasteiger charge is -2.15. The Morgan fingerprint density at radius 3 is 2.44 bits per heavy atom. The SMILES string of the molecule is C[C@H]([NH2+]CC(=O)Nc1ccccc1C(F)(F)F)c1cccc2ccccc12. The van der Waals surface area contributed by atoms with Crippen LogP contribution >= 0.6 is 0 Å². The third kappa shape index (κ3) is 4.46. The van der Waals surface area contributed by atoms with Crippen LogP contribution in [0.4, 0.5) is 18.9 Å². The lowest BCUT2D eigenvalue weighted by Crippen LogP contribution is -2.86. The van der Waals surface area contributed by atoms with Gasteiger partial charge in [-0.05, 0) is 29.8 Å². The molecule has 0 spiro atoms. The molecular weight excluding hydrogens is 353 g/mol. The number of benzene rings is 3. The lowest BCUT2D eigenvalue weighted by atomic mass is 10.00. The topological polar surface area (TPSA) is 45.7 Å². The fourth-order valence-electron chi connectivity index (χ4n) is 3.10. The van der Waals surface area contributed by atoms with Gasteiger partial charge in [0.2, 0.25) is 0 Å². The second-order valence-corrected chi connectivity index (χ2v) is 6.39. The van der Waals surface area contributed by atoms with Gasteiger partial charge in [-0.2, -0.15) is 13.2 Å². The van der Waals surface area contributed by atoms with Gasteiger partial charge in [0.25, 0.3) is 5.91 Å². The summed E-state index contributed by atoms with van der Waals surface area (Å²) in [6, 6.07) is 18.9. The molecule has 3 N–H and O–H groups in total. The van der Waals surface area contributed by atoms with Crippen molar-refractivity contribution >= 4 is 22.4 Å². The van der Waals surface area contributed by atoms with E-state index in [9.17, 15) is 18.0 Å². The number of hydrogen-bond donors (Lipinski definition) is 2. The zero-order valence-corrected chi connectivity index (χ0v) is 14.8. The molecule has 3 rings (SSSR count). The van der Waals surface area contributed by atoms with Crippen LogP contribution < -0.4 is 10.6 Å². The summed E-state index contributed by atoms with van der Waals surface area (Å²) >= 11 is 0. The Morgan fingerprint density at radius 1 is 1.00 bits per heavy atom. The van der Waals surface area contributed by atoms with Crippen molar-refractivity contribution in [1.29, 1.82) is 0 Å². The molecular formula is C21H20F3N2O+. The first-order chi connectivity index (χ1) is 12.9. The Bertz CT molecular complexity index is 948. The molecule has 3 aromatic carbocycles. The summed E-state index contributed by atoms with van der Waals surface area (Å²) in [6.07, 6.45) is -4.51. The van der Waals surface area contributed by atoms with E-state index in [0.717, 1.165) is 22.4 Å². The number of carbonyl (C=O) groups excluding carboxylic acids is 1. The van der Waals surface area contributed by atoms with E-state index in [1.807, 2.05) is 54.7 Å². The van der Waals surface area contributed by atoms with Gasteiger partial charge in [-0.1, -0.05) is 54.6 Å². The van der Waals surface area contributed by atoms with Crippen molar-refractivity contribution in [3.63, 3.8) is 0 Å². The molecule has 0 bridgehead atoms. The maximum atomic E-state index is 13.0. The Kier molecular flexibility index (Phi) is 5.46. The second-order valence-electron chi connectivity index (χ2n) is 6.39. The molecule has 1 amide bonds. The molecule has 0 fully saturated rings. The molecule has 0 aliphatic rings. The number of fused-ring (bicyclic) bond motifs is 1. The zero-order chi connectivity index (χ0) is 19.4. The van der Waals surface area contributed by atoms with Gasteiger partial charge in [0, 0.05) is 5.56 Å². The van der Waals surface area contributed by atoms with Crippen molar-refractivity contribution in [3.05, 3.63) is 77.9 Å². The molecule has 0 radical (unpaired) electrons. The van der Waals surface area contributed by atoms with E-state index in [4.69, 9.17) is 0 Å². The summed E-state index contributed by atoms with van der Waals surface area (Å²) < 4.78 is 39.1. The summed E-state index contributed by atoms with van der Waals surface area (Å²) in [5.41, 5.74) is 0.0123. The van der Waals surface area contributed by atoms with Gasteiger partial charge in [0.05, 0.1) is 11.3 Å². The molecule has 140 valence electrons. The van der Waals surface area contributed by atoms with Crippen LogP contribution in [0.1, 0.15) is 24.1 Å². The summed E-state index contributed by atoms with van der Waals surface area (Å²) in [6.45, 7) is 2.00. The second kappa shape index (κ2) is 7.80. The molecule has 1 atom stereocenters.